The first-order chi connectivity index (χ1) is 14.1. The first-order valence-corrected chi connectivity index (χ1v) is 10.6. The molecule has 2 heterocycles. The minimum Gasteiger partial charge on any atom is -0.467 e. The van der Waals surface area contributed by atoms with Crippen LogP contribution in [0.3, 0.4) is 0 Å². The van der Waals surface area contributed by atoms with Crippen molar-refractivity contribution in [2.75, 3.05) is 13.7 Å². The molecule has 0 saturated heterocycles. The van der Waals surface area contributed by atoms with Crippen molar-refractivity contribution in [1.29, 1.82) is 0 Å². The Morgan fingerprint density at radius 1 is 1.10 bits per heavy atom. The zero-order valence-electron chi connectivity index (χ0n) is 16.3. The van der Waals surface area contributed by atoms with Gasteiger partial charge in [-0.05, 0) is 48.4 Å². The summed E-state index contributed by atoms with van der Waals surface area (Å²) in [5.74, 6) is -1.35. The van der Waals surface area contributed by atoms with Gasteiger partial charge in [0.25, 0.3) is 5.91 Å². The summed E-state index contributed by atoms with van der Waals surface area (Å²) in [4.78, 5) is 40.7. The monoisotopic (exact) mass is 413 g/mol. The summed E-state index contributed by atoms with van der Waals surface area (Å²) < 4.78 is 10.2. The van der Waals surface area contributed by atoms with Crippen LogP contribution >= 0.6 is 11.3 Å². The summed E-state index contributed by atoms with van der Waals surface area (Å²) in [5.41, 5.74) is 3.23. The summed E-state index contributed by atoms with van der Waals surface area (Å²) in [6.07, 6.45) is 4.67. The van der Waals surface area contributed by atoms with Gasteiger partial charge in [0.15, 0.2) is 6.61 Å². The average Bonchev–Trinajstić information content (AvgIpc) is 3.20. The number of thiophene rings is 1. The standard InChI is InChI=1S/C22H23NO5S/c1-27-21(25)17-10-14-6-2-3-8-16(14)12-23(17)20(24)13-28-22(26)19-11-15-7-4-5-9-18(15)29-19/h2-3,6,8,11,17H,4-5,7,9-10,12-13H2,1H3/t17-/m1/s1. The van der Waals surface area contributed by atoms with E-state index in [0.29, 0.717) is 17.8 Å². The zero-order chi connectivity index (χ0) is 20.4. The van der Waals surface area contributed by atoms with E-state index in [9.17, 15) is 14.4 Å². The lowest BCUT2D eigenvalue weighted by Crippen LogP contribution is -2.50. The molecule has 2 aromatic rings. The van der Waals surface area contributed by atoms with Crippen LogP contribution in [-0.2, 0) is 44.9 Å². The van der Waals surface area contributed by atoms with Gasteiger partial charge in [0.2, 0.25) is 0 Å². The molecule has 7 heteroatoms. The summed E-state index contributed by atoms with van der Waals surface area (Å²) >= 11 is 1.46. The van der Waals surface area contributed by atoms with Crippen molar-refractivity contribution in [2.45, 2.75) is 44.7 Å². The Bertz CT molecular complexity index is 927. The number of aryl methyl sites for hydroxylation is 2. The first kappa shape index (κ1) is 19.6. The SMILES string of the molecule is COC(=O)[C@H]1Cc2ccccc2CN1C(=O)COC(=O)c1cc2c(s1)CCCC2. The van der Waals surface area contributed by atoms with E-state index in [2.05, 4.69) is 0 Å². The van der Waals surface area contributed by atoms with E-state index in [1.165, 1.54) is 33.8 Å². The molecule has 1 amide bonds. The van der Waals surface area contributed by atoms with E-state index in [-0.39, 0.29) is 0 Å². The highest BCUT2D eigenvalue weighted by Gasteiger charge is 2.35. The van der Waals surface area contributed by atoms with E-state index >= 15 is 0 Å². The minimum atomic E-state index is -0.713. The minimum absolute atomic E-state index is 0.291. The van der Waals surface area contributed by atoms with Crippen LogP contribution in [0.4, 0.5) is 0 Å². The van der Waals surface area contributed by atoms with E-state index in [4.69, 9.17) is 9.47 Å². The molecule has 1 atom stereocenters. The second-order valence-electron chi connectivity index (χ2n) is 7.38. The number of methoxy groups -OCH3 is 1. The highest BCUT2D eigenvalue weighted by atomic mass is 32.1. The number of carbonyl (C=O) groups excluding carboxylic acids is 3. The maximum Gasteiger partial charge on any atom is 0.348 e. The van der Waals surface area contributed by atoms with Crippen molar-refractivity contribution in [3.63, 3.8) is 0 Å². The number of hydrogen-bond acceptors (Lipinski definition) is 6. The fourth-order valence-corrected chi connectivity index (χ4v) is 5.15. The number of carbonyl (C=O) groups is 3. The van der Waals surface area contributed by atoms with E-state index in [1.54, 1.807) is 0 Å². The van der Waals surface area contributed by atoms with Gasteiger partial charge in [0, 0.05) is 17.8 Å². The number of ether oxygens (including phenoxy) is 2. The molecular formula is C22H23NO5S. The third-order valence-electron chi connectivity index (χ3n) is 5.57. The molecule has 1 aromatic carbocycles. The van der Waals surface area contributed by atoms with Gasteiger partial charge in [-0.2, -0.15) is 0 Å². The highest BCUT2D eigenvalue weighted by Crippen LogP contribution is 2.30. The van der Waals surface area contributed by atoms with Crippen molar-refractivity contribution in [1.82, 2.24) is 4.90 Å². The molecule has 2 aliphatic rings. The first-order valence-electron chi connectivity index (χ1n) is 9.79. The quantitative estimate of drug-likeness (QED) is 0.721. The molecule has 0 N–H and O–H groups in total. The van der Waals surface area contributed by atoms with Crippen LogP contribution in [0.25, 0.3) is 0 Å². The lowest BCUT2D eigenvalue weighted by molar-refractivity contribution is -0.155. The van der Waals surface area contributed by atoms with Crippen LogP contribution in [0.15, 0.2) is 30.3 Å². The normalized spacial score (nSPS) is 17.8. The Morgan fingerprint density at radius 3 is 2.62 bits per heavy atom. The van der Waals surface area contributed by atoms with Gasteiger partial charge in [-0.25, -0.2) is 9.59 Å². The molecule has 0 unspecified atom stereocenters. The van der Waals surface area contributed by atoms with Gasteiger partial charge in [-0.1, -0.05) is 24.3 Å². The summed E-state index contributed by atoms with van der Waals surface area (Å²) in [7, 11) is 1.31. The number of esters is 2. The van der Waals surface area contributed by atoms with Crippen LogP contribution in [0.5, 0.6) is 0 Å². The number of nitrogens with zero attached hydrogens (tertiary/aromatic N) is 1. The van der Waals surface area contributed by atoms with E-state index in [0.717, 1.165) is 36.8 Å². The molecule has 0 fully saturated rings. The maximum absolute atomic E-state index is 12.8. The van der Waals surface area contributed by atoms with Crippen LogP contribution in [0.2, 0.25) is 0 Å². The van der Waals surface area contributed by atoms with Crippen molar-refractivity contribution in [2.24, 2.45) is 0 Å². The van der Waals surface area contributed by atoms with Gasteiger partial charge in [0.1, 0.15) is 10.9 Å². The van der Waals surface area contributed by atoms with Gasteiger partial charge in [0.05, 0.1) is 7.11 Å². The van der Waals surface area contributed by atoms with E-state index in [1.807, 2.05) is 30.3 Å². The summed E-state index contributed by atoms with van der Waals surface area (Å²) in [5, 5.41) is 0. The third kappa shape index (κ3) is 4.05. The molecule has 4 rings (SSSR count). The summed E-state index contributed by atoms with van der Waals surface area (Å²) in [6.45, 7) is -0.101. The predicted octanol–water partition coefficient (Wildman–Crippen LogP) is 2.91. The van der Waals surface area contributed by atoms with Crippen molar-refractivity contribution >= 4 is 29.2 Å². The van der Waals surface area contributed by atoms with Crippen molar-refractivity contribution < 1.29 is 23.9 Å². The smallest absolute Gasteiger partial charge is 0.348 e. The van der Waals surface area contributed by atoms with Crippen LogP contribution in [0.1, 0.15) is 44.1 Å². The number of rotatable bonds is 4. The van der Waals surface area contributed by atoms with E-state index < -0.39 is 30.5 Å². The second kappa shape index (κ2) is 8.37. The Kier molecular flexibility index (Phi) is 5.67. The highest BCUT2D eigenvalue weighted by molar-refractivity contribution is 7.14. The van der Waals surface area contributed by atoms with Crippen LogP contribution in [-0.4, -0.2) is 42.5 Å². The Morgan fingerprint density at radius 2 is 1.86 bits per heavy atom. The summed E-state index contributed by atoms with van der Waals surface area (Å²) in [6, 6.07) is 8.87. The number of amides is 1. The lowest BCUT2D eigenvalue weighted by atomic mass is 9.94. The lowest BCUT2D eigenvalue weighted by Gasteiger charge is -2.35. The number of fused-ring (bicyclic) bond motifs is 2. The molecule has 0 radical (unpaired) electrons. The number of benzene rings is 1. The molecule has 1 aromatic heterocycles. The van der Waals surface area contributed by atoms with Gasteiger partial charge < -0.3 is 14.4 Å². The Hall–Kier alpha value is -2.67. The molecule has 1 aliphatic heterocycles. The van der Waals surface area contributed by atoms with Crippen LogP contribution < -0.4 is 0 Å². The number of hydrogen-bond donors (Lipinski definition) is 0. The molecule has 29 heavy (non-hydrogen) atoms. The molecule has 1 aliphatic carbocycles. The van der Waals surface area contributed by atoms with Gasteiger partial charge >= 0.3 is 11.9 Å². The maximum atomic E-state index is 12.8. The topological polar surface area (TPSA) is 72.9 Å². The molecule has 6 nitrogen and oxygen atoms in total. The Balaban J connectivity index is 1.44. The largest absolute Gasteiger partial charge is 0.467 e. The average molecular weight is 413 g/mol. The Labute approximate surface area is 173 Å². The fraction of sp³-hybridized carbons (Fsp3) is 0.409. The molecule has 0 bridgehead atoms. The predicted molar refractivity (Wildman–Crippen MR) is 108 cm³/mol. The van der Waals surface area contributed by atoms with Gasteiger partial charge in [-0.15, -0.1) is 11.3 Å². The van der Waals surface area contributed by atoms with Crippen LogP contribution in [0, 0.1) is 0 Å². The zero-order valence-corrected chi connectivity index (χ0v) is 17.1. The molecule has 152 valence electrons. The molecular weight excluding hydrogens is 390 g/mol. The van der Waals surface area contributed by atoms with Crippen molar-refractivity contribution in [3.05, 3.63) is 56.8 Å². The van der Waals surface area contributed by atoms with Crippen molar-refractivity contribution in [3.8, 4) is 0 Å². The fourth-order valence-electron chi connectivity index (χ4n) is 4.00. The second-order valence-corrected chi connectivity index (χ2v) is 8.51. The van der Waals surface area contributed by atoms with Gasteiger partial charge in [-0.3, -0.25) is 4.79 Å². The third-order valence-corrected chi connectivity index (χ3v) is 6.78. The molecule has 0 saturated carbocycles. The molecule has 0 spiro atoms.